The first-order chi connectivity index (χ1) is 14.5. The molecule has 6 heteroatoms. The zero-order valence-corrected chi connectivity index (χ0v) is 18.7. The molecule has 1 N–H and O–H groups in total. The molecule has 1 saturated heterocycles. The van der Waals surface area contributed by atoms with Gasteiger partial charge in [-0.1, -0.05) is 24.3 Å². The van der Waals surface area contributed by atoms with Crippen molar-refractivity contribution in [2.45, 2.75) is 32.9 Å². The number of rotatable bonds is 6. The van der Waals surface area contributed by atoms with Crippen LogP contribution >= 0.6 is 12.2 Å². The maximum Gasteiger partial charge on any atom is 0.170 e. The molecule has 2 aromatic heterocycles. The maximum atomic E-state index is 5.75. The number of para-hydroxylation sites is 1. The van der Waals surface area contributed by atoms with Gasteiger partial charge in [0.25, 0.3) is 0 Å². The van der Waals surface area contributed by atoms with Crippen LogP contribution in [0.4, 0.5) is 0 Å². The molecular formula is C24H28N4OS. The smallest absolute Gasteiger partial charge is 0.170 e. The molecule has 4 rings (SSSR count). The Bertz CT molecular complexity index is 1030. The number of hydrogen-bond donors (Lipinski definition) is 1. The van der Waals surface area contributed by atoms with E-state index in [-0.39, 0.29) is 12.1 Å². The number of aromatic nitrogens is 2. The second-order valence-corrected chi connectivity index (χ2v) is 8.08. The van der Waals surface area contributed by atoms with Gasteiger partial charge in [-0.3, -0.25) is 4.98 Å². The van der Waals surface area contributed by atoms with E-state index in [4.69, 9.17) is 17.0 Å². The molecular weight excluding hydrogens is 392 g/mol. The molecule has 0 radical (unpaired) electrons. The molecule has 3 heterocycles. The molecule has 1 fully saturated rings. The molecule has 2 unspecified atom stereocenters. The lowest BCUT2D eigenvalue weighted by atomic mass is 9.93. The Kier molecular flexibility index (Phi) is 5.88. The van der Waals surface area contributed by atoms with E-state index in [2.05, 4.69) is 70.9 Å². The third kappa shape index (κ3) is 3.50. The molecule has 1 aromatic carbocycles. The van der Waals surface area contributed by atoms with E-state index in [1.165, 1.54) is 28.2 Å². The van der Waals surface area contributed by atoms with Crippen molar-refractivity contribution >= 4 is 17.3 Å². The van der Waals surface area contributed by atoms with Crippen molar-refractivity contribution in [1.29, 1.82) is 0 Å². The van der Waals surface area contributed by atoms with Crippen LogP contribution in [0, 0.1) is 20.8 Å². The van der Waals surface area contributed by atoms with Gasteiger partial charge in [-0.05, 0) is 62.8 Å². The fourth-order valence-corrected chi connectivity index (χ4v) is 4.89. The molecule has 1 aliphatic heterocycles. The monoisotopic (exact) mass is 420 g/mol. The molecule has 0 aliphatic carbocycles. The minimum Gasteiger partial charge on any atom is -0.383 e. The summed E-state index contributed by atoms with van der Waals surface area (Å²) in [4.78, 5) is 6.90. The van der Waals surface area contributed by atoms with Gasteiger partial charge in [0, 0.05) is 42.5 Å². The zero-order chi connectivity index (χ0) is 21.3. The summed E-state index contributed by atoms with van der Waals surface area (Å²) < 4.78 is 7.73. The summed E-state index contributed by atoms with van der Waals surface area (Å²) in [6.07, 6.45) is 1.84. The highest BCUT2D eigenvalue weighted by Crippen LogP contribution is 2.43. The van der Waals surface area contributed by atoms with Crippen molar-refractivity contribution in [3.63, 3.8) is 0 Å². The number of methoxy groups -OCH3 is 1. The van der Waals surface area contributed by atoms with Crippen molar-refractivity contribution in [3.8, 4) is 5.69 Å². The number of nitrogens with one attached hydrogen (secondary N) is 1. The fraction of sp³-hybridized carbons (Fsp3) is 0.333. The van der Waals surface area contributed by atoms with E-state index in [9.17, 15) is 0 Å². The van der Waals surface area contributed by atoms with Crippen LogP contribution in [0.1, 0.15) is 40.3 Å². The van der Waals surface area contributed by atoms with E-state index in [0.29, 0.717) is 6.61 Å². The average molecular weight is 421 g/mol. The van der Waals surface area contributed by atoms with Gasteiger partial charge >= 0.3 is 0 Å². The normalized spacial score (nSPS) is 18.7. The minimum atomic E-state index is -0.0148. The van der Waals surface area contributed by atoms with Crippen LogP contribution in [-0.4, -0.2) is 39.8 Å². The summed E-state index contributed by atoms with van der Waals surface area (Å²) in [6.45, 7) is 7.94. The predicted octanol–water partition coefficient (Wildman–Crippen LogP) is 4.42. The lowest BCUT2D eigenvalue weighted by Crippen LogP contribution is -2.33. The molecule has 2 atom stereocenters. The van der Waals surface area contributed by atoms with Crippen LogP contribution in [0.2, 0.25) is 0 Å². The van der Waals surface area contributed by atoms with Crippen molar-refractivity contribution < 1.29 is 4.74 Å². The van der Waals surface area contributed by atoms with E-state index in [1.54, 1.807) is 7.11 Å². The van der Waals surface area contributed by atoms with Gasteiger partial charge in [0.2, 0.25) is 0 Å². The lowest BCUT2D eigenvalue weighted by molar-refractivity contribution is 0.164. The number of pyridine rings is 1. The largest absolute Gasteiger partial charge is 0.383 e. The summed E-state index contributed by atoms with van der Waals surface area (Å²) in [5.74, 6) is 0. The highest BCUT2D eigenvalue weighted by atomic mass is 32.1. The molecule has 0 amide bonds. The third-order valence-electron chi connectivity index (χ3n) is 6.05. The van der Waals surface area contributed by atoms with Crippen molar-refractivity contribution in [2.75, 3.05) is 20.3 Å². The molecule has 156 valence electrons. The molecule has 5 nitrogen and oxygen atoms in total. The molecule has 0 spiro atoms. The first-order valence-electron chi connectivity index (χ1n) is 10.3. The minimum absolute atomic E-state index is 0.0148. The molecule has 30 heavy (non-hydrogen) atoms. The number of hydrogen-bond acceptors (Lipinski definition) is 3. The Hall–Kier alpha value is -2.70. The van der Waals surface area contributed by atoms with Crippen LogP contribution in [0.5, 0.6) is 0 Å². The average Bonchev–Trinajstić information content (AvgIpc) is 3.20. The van der Waals surface area contributed by atoms with E-state index < -0.39 is 0 Å². The highest BCUT2D eigenvalue weighted by molar-refractivity contribution is 7.80. The van der Waals surface area contributed by atoms with Crippen LogP contribution in [0.3, 0.4) is 0 Å². The summed E-state index contributed by atoms with van der Waals surface area (Å²) >= 11 is 5.75. The first kappa shape index (κ1) is 20.6. The Morgan fingerprint density at radius 2 is 1.77 bits per heavy atom. The highest BCUT2D eigenvalue weighted by Gasteiger charge is 2.42. The lowest BCUT2D eigenvalue weighted by Gasteiger charge is -2.28. The van der Waals surface area contributed by atoms with E-state index in [0.717, 1.165) is 17.4 Å². The van der Waals surface area contributed by atoms with Crippen LogP contribution in [-0.2, 0) is 4.74 Å². The number of thiocarbonyl (C=S) groups is 1. The Morgan fingerprint density at radius 3 is 2.43 bits per heavy atom. The number of benzene rings is 1. The standard InChI is InChI=1S/C24H28N4OS/c1-16-17(2)28(19-10-6-5-7-11-19)18(3)21(16)23-22(20-12-8-9-13-25-20)26-24(30)27(23)14-15-29-4/h5-13,22-23H,14-15H2,1-4H3,(H,26,30). The van der Waals surface area contributed by atoms with Crippen molar-refractivity contribution in [2.24, 2.45) is 0 Å². The summed E-state index contributed by atoms with van der Waals surface area (Å²) in [5, 5.41) is 4.28. The van der Waals surface area contributed by atoms with Gasteiger partial charge in [0.1, 0.15) is 0 Å². The quantitative estimate of drug-likeness (QED) is 0.598. The molecule has 0 bridgehead atoms. The van der Waals surface area contributed by atoms with Gasteiger partial charge in [0.15, 0.2) is 5.11 Å². The van der Waals surface area contributed by atoms with Crippen LogP contribution in [0.25, 0.3) is 5.69 Å². The van der Waals surface area contributed by atoms with Gasteiger partial charge in [-0.25, -0.2) is 0 Å². The predicted molar refractivity (Wildman–Crippen MR) is 124 cm³/mol. The summed E-state index contributed by atoms with van der Waals surface area (Å²) in [5.41, 5.74) is 7.24. The van der Waals surface area contributed by atoms with E-state index in [1.807, 2.05) is 24.4 Å². The SMILES string of the molecule is COCCN1C(=S)NC(c2ccccn2)C1c1c(C)c(C)n(-c2ccccc2)c1C. The van der Waals surface area contributed by atoms with E-state index >= 15 is 0 Å². The first-order valence-corrected chi connectivity index (χ1v) is 10.7. The molecule has 1 aliphatic rings. The van der Waals surface area contributed by atoms with Crippen molar-refractivity contribution in [1.82, 2.24) is 19.8 Å². The maximum absolute atomic E-state index is 5.75. The topological polar surface area (TPSA) is 42.3 Å². The van der Waals surface area contributed by atoms with Gasteiger partial charge < -0.3 is 19.5 Å². The van der Waals surface area contributed by atoms with Gasteiger partial charge in [-0.2, -0.15) is 0 Å². The third-order valence-corrected chi connectivity index (χ3v) is 6.40. The van der Waals surface area contributed by atoms with Gasteiger partial charge in [-0.15, -0.1) is 0 Å². The fourth-order valence-electron chi connectivity index (χ4n) is 4.56. The van der Waals surface area contributed by atoms with Crippen LogP contribution in [0.15, 0.2) is 54.7 Å². The van der Waals surface area contributed by atoms with Crippen LogP contribution < -0.4 is 5.32 Å². The second-order valence-electron chi connectivity index (χ2n) is 7.69. The summed E-state index contributed by atoms with van der Waals surface area (Å²) in [7, 11) is 1.73. The Morgan fingerprint density at radius 1 is 1.03 bits per heavy atom. The number of ether oxygens (including phenoxy) is 1. The zero-order valence-electron chi connectivity index (χ0n) is 17.9. The van der Waals surface area contributed by atoms with Crippen molar-refractivity contribution in [3.05, 3.63) is 82.9 Å². The molecule has 3 aromatic rings. The summed E-state index contributed by atoms with van der Waals surface area (Å²) in [6, 6.07) is 16.6. The molecule has 0 saturated carbocycles. The second kappa shape index (κ2) is 8.58. The van der Waals surface area contributed by atoms with Gasteiger partial charge in [0.05, 0.1) is 24.4 Å². The Balaban J connectivity index is 1.87. The number of nitrogens with zero attached hydrogens (tertiary/aromatic N) is 3. The Labute approximate surface area is 183 Å².